The Labute approximate surface area is 155 Å². The van der Waals surface area contributed by atoms with Gasteiger partial charge in [0.1, 0.15) is 5.75 Å². The molecule has 0 atom stereocenters. The number of ether oxygens (including phenoxy) is 1. The van der Waals surface area contributed by atoms with Crippen LogP contribution in [0.1, 0.15) is 10.4 Å². The van der Waals surface area contributed by atoms with Crippen LogP contribution >= 0.6 is 23.2 Å². The Morgan fingerprint density at radius 3 is 2.08 bits per heavy atom. The summed E-state index contributed by atoms with van der Waals surface area (Å²) in [5.74, 6) is -1.66. The van der Waals surface area contributed by atoms with Crippen LogP contribution in [-0.2, 0) is 4.79 Å². The highest BCUT2D eigenvalue weighted by Crippen LogP contribution is 2.27. The summed E-state index contributed by atoms with van der Waals surface area (Å²) in [6, 6.07) is 7.48. The summed E-state index contributed by atoms with van der Waals surface area (Å²) < 4.78 is 4.86. The Morgan fingerprint density at radius 2 is 1.68 bits per heavy atom. The first-order chi connectivity index (χ1) is 11.8. The van der Waals surface area contributed by atoms with Gasteiger partial charge in [-0.2, -0.15) is 0 Å². The van der Waals surface area contributed by atoms with Crippen LogP contribution in [-0.4, -0.2) is 47.8 Å². The van der Waals surface area contributed by atoms with Crippen molar-refractivity contribution in [3.8, 4) is 5.75 Å². The quantitative estimate of drug-likeness (QED) is 0.737. The topological polar surface area (TPSA) is 109 Å². The van der Waals surface area contributed by atoms with Crippen LogP contribution in [0, 0.1) is 0 Å². The molecule has 0 bridgehead atoms. The largest absolute Gasteiger partial charge is 0.480 e. The summed E-state index contributed by atoms with van der Waals surface area (Å²) in [6.07, 6.45) is 2.90. The Bertz CT molecular complexity index is 669. The first-order valence-corrected chi connectivity index (χ1v) is 7.58. The number of nitrogens with zero attached hydrogens (tertiary/aromatic N) is 1. The molecular formula is C16H18Cl2N2O5. The van der Waals surface area contributed by atoms with Crippen LogP contribution in [0.2, 0.25) is 10.0 Å². The molecule has 7 nitrogen and oxygen atoms in total. The second-order valence-electron chi connectivity index (χ2n) is 4.30. The van der Waals surface area contributed by atoms with Gasteiger partial charge in [0.25, 0.3) is 0 Å². The summed E-state index contributed by atoms with van der Waals surface area (Å²) in [6.45, 7) is -0.415. The van der Waals surface area contributed by atoms with Crippen LogP contribution in [0.25, 0.3) is 0 Å². The highest BCUT2D eigenvalue weighted by molar-refractivity contribution is 6.35. The predicted octanol–water partition coefficient (Wildman–Crippen LogP) is 3.07. The van der Waals surface area contributed by atoms with Crippen molar-refractivity contribution in [1.82, 2.24) is 10.3 Å². The molecule has 1 heterocycles. The standard InChI is InChI=1S/C8H6Cl2O3.C6H5NO2.C2H7N/c9-5-1-2-7(6(10)3-5)13-4-8(11)12;8-6(9)5-1-3-7-4-2-5;1-3-2/h1-3H,4H2,(H,11,12);1-4H,(H,8,9);3H,1-2H3. The lowest BCUT2D eigenvalue weighted by atomic mass is 10.3. The number of benzene rings is 1. The van der Waals surface area contributed by atoms with Crippen molar-refractivity contribution in [2.75, 3.05) is 20.7 Å². The van der Waals surface area contributed by atoms with Crippen molar-refractivity contribution in [3.63, 3.8) is 0 Å². The Kier molecular flexibility index (Phi) is 11.8. The molecule has 0 saturated heterocycles. The van der Waals surface area contributed by atoms with Crippen LogP contribution < -0.4 is 10.1 Å². The van der Waals surface area contributed by atoms with Crippen molar-refractivity contribution in [2.45, 2.75) is 0 Å². The van der Waals surface area contributed by atoms with Gasteiger partial charge in [0.15, 0.2) is 6.61 Å². The molecule has 0 unspecified atom stereocenters. The summed E-state index contributed by atoms with van der Waals surface area (Å²) in [4.78, 5) is 24.0. The van der Waals surface area contributed by atoms with Crippen molar-refractivity contribution >= 4 is 35.1 Å². The SMILES string of the molecule is CNC.O=C(O)COc1ccc(Cl)cc1Cl.O=C(O)c1ccncc1. The van der Waals surface area contributed by atoms with E-state index in [0.29, 0.717) is 15.8 Å². The molecule has 25 heavy (non-hydrogen) atoms. The van der Waals surface area contributed by atoms with Crippen LogP contribution in [0.3, 0.4) is 0 Å². The summed E-state index contributed by atoms with van der Waals surface area (Å²) in [5, 5.41) is 20.2. The monoisotopic (exact) mass is 388 g/mol. The Balaban J connectivity index is 0.000000417. The average Bonchev–Trinajstić information content (AvgIpc) is 2.56. The fourth-order valence-electron chi connectivity index (χ4n) is 1.23. The molecule has 0 aliphatic carbocycles. The summed E-state index contributed by atoms with van der Waals surface area (Å²) >= 11 is 11.3. The predicted molar refractivity (Wildman–Crippen MR) is 95.8 cm³/mol. The number of hydrogen-bond donors (Lipinski definition) is 3. The number of nitrogens with one attached hydrogen (secondary N) is 1. The lowest BCUT2D eigenvalue weighted by Crippen LogP contribution is -2.09. The fourth-order valence-corrected chi connectivity index (χ4v) is 1.69. The van der Waals surface area contributed by atoms with Crippen molar-refractivity contribution < 1.29 is 24.5 Å². The molecule has 0 fully saturated rings. The summed E-state index contributed by atoms with van der Waals surface area (Å²) in [7, 11) is 3.75. The number of pyridine rings is 1. The van der Waals surface area contributed by atoms with E-state index in [1.807, 2.05) is 14.1 Å². The third kappa shape index (κ3) is 10.9. The van der Waals surface area contributed by atoms with E-state index in [-0.39, 0.29) is 5.56 Å². The molecule has 0 radical (unpaired) electrons. The number of carboxylic acids is 2. The van der Waals surface area contributed by atoms with Crippen molar-refractivity contribution in [2.24, 2.45) is 0 Å². The number of halogens is 2. The van der Waals surface area contributed by atoms with E-state index in [4.69, 9.17) is 38.2 Å². The van der Waals surface area contributed by atoms with E-state index in [0.717, 1.165) is 0 Å². The van der Waals surface area contributed by atoms with Gasteiger partial charge < -0.3 is 20.3 Å². The van der Waals surface area contributed by atoms with E-state index in [1.54, 1.807) is 6.07 Å². The van der Waals surface area contributed by atoms with Crippen molar-refractivity contribution in [1.29, 1.82) is 0 Å². The lowest BCUT2D eigenvalue weighted by molar-refractivity contribution is -0.139. The molecule has 9 heteroatoms. The van der Waals surface area contributed by atoms with Gasteiger partial charge in [-0.1, -0.05) is 23.2 Å². The maximum absolute atomic E-state index is 10.2. The van der Waals surface area contributed by atoms with E-state index in [1.165, 1.54) is 36.7 Å². The molecule has 0 aliphatic heterocycles. The van der Waals surface area contributed by atoms with Gasteiger partial charge in [-0.3, -0.25) is 4.98 Å². The van der Waals surface area contributed by atoms with E-state index in [9.17, 15) is 9.59 Å². The second-order valence-corrected chi connectivity index (χ2v) is 5.14. The molecule has 0 aliphatic rings. The third-order valence-corrected chi connectivity index (χ3v) is 2.70. The minimum absolute atomic E-state index is 0.269. The van der Waals surface area contributed by atoms with Gasteiger partial charge in [0.2, 0.25) is 0 Å². The highest BCUT2D eigenvalue weighted by atomic mass is 35.5. The number of aromatic nitrogens is 1. The molecule has 3 N–H and O–H groups in total. The van der Waals surface area contributed by atoms with Crippen LogP contribution in [0.15, 0.2) is 42.7 Å². The van der Waals surface area contributed by atoms with Gasteiger partial charge in [-0.05, 0) is 44.4 Å². The van der Waals surface area contributed by atoms with Crippen LogP contribution in [0.5, 0.6) is 5.75 Å². The van der Waals surface area contributed by atoms with E-state index in [2.05, 4.69) is 10.3 Å². The lowest BCUT2D eigenvalue weighted by Gasteiger charge is -2.04. The molecule has 1 aromatic carbocycles. The Hall–Kier alpha value is -2.35. The molecule has 2 rings (SSSR count). The normalized spacial score (nSPS) is 8.96. The smallest absolute Gasteiger partial charge is 0.341 e. The zero-order chi connectivity index (χ0) is 19.2. The maximum Gasteiger partial charge on any atom is 0.341 e. The summed E-state index contributed by atoms with van der Waals surface area (Å²) in [5.41, 5.74) is 0.269. The minimum atomic E-state index is -1.05. The first kappa shape index (κ1) is 22.6. The molecule has 2 aromatic rings. The second kappa shape index (κ2) is 13.0. The average molecular weight is 389 g/mol. The van der Waals surface area contributed by atoms with Gasteiger partial charge >= 0.3 is 11.9 Å². The zero-order valence-corrected chi connectivity index (χ0v) is 15.1. The van der Waals surface area contributed by atoms with E-state index < -0.39 is 18.5 Å². The van der Waals surface area contributed by atoms with Crippen LogP contribution in [0.4, 0.5) is 0 Å². The molecule has 1 aromatic heterocycles. The van der Waals surface area contributed by atoms with Gasteiger partial charge in [0, 0.05) is 17.4 Å². The van der Waals surface area contributed by atoms with Gasteiger partial charge in [0.05, 0.1) is 10.6 Å². The molecular weight excluding hydrogens is 371 g/mol. The highest BCUT2D eigenvalue weighted by Gasteiger charge is 2.04. The number of hydrogen-bond acceptors (Lipinski definition) is 5. The number of carbonyl (C=O) groups is 2. The maximum atomic E-state index is 10.2. The number of rotatable bonds is 4. The number of aliphatic carboxylic acids is 1. The molecule has 0 spiro atoms. The first-order valence-electron chi connectivity index (χ1n) is 6.83. The minimum Gasteiger partial charge on any atom is -0.480 e. The number of aromatic carboxylic acids is 1. The Morgan fingerprint density at radius 1 is 1.12 bits per heavy atom. The third-order valence-electron chi connectivity index (χ3n) is 2.17. The molecule has 136 valence electrons. The van der Waals surface area contributed by atoms with E-state index >= 15 is 0 Å². The zero-order valence-electron chi connectivity index (χ0n) is 13.6. The molecule has 0 amide bonds. The van der Waals surface area contributed by atoms with Gasteiger partial charge in [-0.25, -0.2) is 9.59 Å². The number of carboxylic acid groups (broad SMARTS) is 2. The fraction of sp³-hybridized carbons (Fsp3) is 0.188. The molecule has 0 saturated carbocycles. The van der Waals surface area contributed by atoms with Crippen molar-refractivity contribution in [3.05, 3.63) is 58.3 Å². The van der Waals surface area contributed by atoms with Gasteiger partial charge in [-0.15, -0.1) is 0 Å².